The lowest BCUT2D eigenvalue weighted by Crippen LogP contribution is -2.75. The third-order valence-electron chi connectivity index (χ3n) is 8.59. The number of nitrogens with zero attached hydrogens (tertiary/aromatic N) is 1. The summed E-state index contributed by atoms with van der Waals surface area (Å²) in [5.74, 6) is -0.0382. The lowest BCUT2D eigenvalue weighted by Gasteiger charge is -2.63. The molecule has 5 rings (SSSR count). The molecule has 4 fully saturated rings. The minimum atomic E-state index is -0.711. The molecular weight excluding hydrogens is 428 g/mol. The first-order valence-electron chi connectivity index (χ1n) is 11.3. The van der Waals surface area contributed by atoms with Crippen molar-refractivity contribution in [2.75, 3.05) is 0 Å². The highest BCUT2D eigenvalue weighted by Gasteiger charge is 2.65. The second-order valence-corrected chi connectivity index (χ2v) is 11.5. The van der Waals surface area contributed by atoms with Crippen LogP contribution in [0.15, 0.2) is 18.2 Å². The van der Waals surface area contributed by atoms with E-state index < -0.39 is 16.8 Å². The fourth-order valence-electron chi connectivity index (χ4n) is 6.72. The van der Waals surface area contributed by atoms with Gasteiger partial charge in [0.25, 0.3) is 0 Å². The molecule has 2 N–H and O–H groups in total. The SMILES string of the molecule is [C-]#[N+]c1ccc(OC2C(C)(C)C(NC(=O)C34CCC(C(=O)O)(CC3)CC4)C2(C)C)cc1Cl. The number of aliphatic carboxylic acids is 1. The number of halogens is 1. The van der Waals surface area contributed by atoms with Crippen molar-refractivity contribution in [1.29, 1.82) is 0 Å². The molecule has 0 atom stereocenters. The summed E-state index contributed by atoms with van der Waals surface area (Å²) < 4.78 is 6.31. The molecule has 4 aliphatic rings. The smallest absolute Gasteiger partial charge is 0.309 e. The van der Waals surface area contributed by atoms with Crippen LogP contribution in [-0.4, -0.2) is 29.1 Å². The highest BCUT2D eigenvalue weighted by Crippen LogP contribution is 2.59. The predicted molar refractivity (Wildman–Crippen MR) is 122 cm³/mol. The fourth-order valence-corrected chi connectivity index (χ4v) is 6.93. The van der Waals surface area contributed by atoms with Gasteiger partial charge in [0.15, 0.2) is 0 Å². The van der Waals surface area contributed by atoms with Crippen LogP contribution in [-0.2, 0) is 9.59 Å². The number of rotatable bonds is 5. The third kappa shape index (κ3) is 3.28. The summed E-state index contributed by atoms with van der Waals surface area (Å²) in [6.07, 6.45) is 3.53. The van der Waals surface area contributed by atoms with Gasteiger partial charge in [0.05, 0.1) is 17.0 Å². The monoisotopic (exact) mass is 458 g/mol. The molecule has 0 aliphatic heterocycles. The standard InChI is InChI=1S/C25H31ClN2O4/c1-22(2)18(23(3,4)19(22)32-15-6-7-17(27-5)16(26)14-15)28-20(29)24-8-11-25(12-9-24,13-10-24)21(30)31/h6-7,14,18-19H,8-13H2,1-4H3,(H,28,29)(H,30,31). The van der Waals surface area contributed by atoms with Gasteiger partial charge in [-0.1, -0.05) is 45.4 Å². The van der Waals surface area contributed by atoms with Crippen molar-refractivity contribution in [2.24, 2.45) is 21.7 Å². The summed E-state index contributed by atoms with van der Waals surface area (Å²) in [6, 6.07) is 5.01. The average molecular weight is 459 g/mol. The van der Waals surface area contributed by atoms with Gasteiger partial charge in [-0.3, -0.25) is 9.59 Å². The van der Waals surface area contributed by atoms with Crippen molar-refractivity contribution in [3.8, 4) is 5.75 Å². The van der Waals surface area contributed by atoms with E-state index in [0.29, 0.717) is 55.0 Å². The molecule has 4 aliphatic carbocycles. The quantitative estimate of drug-likeness (QED) is 0.561. The van der Waals surface area contributed by atoms with Crippen LogP contribution in [0.5, 0.6) is 5.75 Å². The number of carboxylic acids is 1. The van der Waals surface area contributed by atoms with Gasteiger partial charge in [-0.05, 0) is 50.7 Å². The first-order chi connectivity index (χ1) is 14.9. The Bertz CT molecular complexity index is 969. The molecule has 0 radical (unpaired) electrons. The van der Waals surface area contributed by atoms with Crippen LogP contribution in [0.25, 0.3) is 4.85 Å². The summed E-state index contributed by atoms with van der Waals surface area (Å²) in [7, 11) is 0. The molecule has 0 aromatic heterocycles. The average Bonchev–Trinajstić information content (AvgIpc) is 2.76. The van der Waals surface area contributed by atoms with Crippen molar-refractivity contribution in [3.63, 3.8) is 0 Å². The number of carbonyl (C=O) groups excluding carboxylic acids is 1. The maximum absolute atomic E-state index is 13.5. The molecule has 1 aromatic rings. The number of nitrogens with one attached hydrogen (secondary N) is 1. The van der Waals surface area contributed by atoms with Crippen molar-refractivity contribution in [3.05, 3.63) is 34.6 Å². The fraction of sp³-hybridized carbons (Fsp3) is 0.640. The van der Waals surface area contributed by atoms with Crippen LogP contribution in [0.3, 0.4) is 0 Å². The Labute approximate surface area is 194 Å². The Morgan fingerprint density at radius 3 is 2.06 bits per heavy atom. The maximum Gasteiger partial charge on any atom is 0.309 e. The molecule has 6 nitrogen and oxygen atoms in total. The maximum atomic E-state index is 13.5. The molecule has 7 heteroatoms. The Kier molecular flexibility index (Phi) is 5.29. The van der Waals surface area contributed by atoms with Gasteiger partial charge in [0.1, 0.15) is 11.9 Å². The van der Waals surface area contributed by atoms with Gasteiger partial charge in [-0.25, -0.2) is 4.85 Å². The Hall–Kier alpha value is -2.26. The number of amides is 1. The molecule has 172 valence electrons. The summed E-state index contributed by atoms with van der Waals surface area (Å²) in [5.41, 5.74) is -1.30. The number of hydrogen-bond acceptors (Lipinski definition) is 3. The molecule has 0 heterocycles. The molecule has 1 amide bonds. The van der Waals surface area contributed by atoms with Gasteiger partial charge in [0.2, 0.25) is 11.6 Å². The van der Waals surface area contributed by atoms with Crippen LogP contribution in [0, 0.1) is 28.2 Å². The predicted octanol–water partition coefficient (Wildman–Crippen LogP) is 5.61. The second-order valence-electron chi connectivity index (χ2n) is 11.1. The molecule has 32 heavy (non-hydrogen) atoms. The summed E-state index contributed by atoms with van der Waals surface area (Å²) in [5, 5.41) is 13.3. The van der Waals surface area contributed by atoms with Gasteiger partial charge < -0.3 is 15.2 Å². The minimum Gasteiger partial charge on any atom is -0.489 e. The van der Waals surface area contributed by atoms with E-state index in [2.05, 4.69) is 37.9 Å². The third-order valence-corrected chi connectivity index (χ3v) is 8.89. The highest BCUT2D eigenvalue weighted by atomic mass is 35.5. The lowest BCUT2D eigenvalue weighted by molar-refractivity contribution is -0.182. The number of carboxylic acid groups (broad SMARTS) is 1. The molecule has 0 spiro atoms. The summed E-state index contributed by atoms with van der Waals surface area (Å²) in [6.45, 7) is 15.5. The lowest BCUT2D eigenvalue weighted by atomic mass is 9.48. The van der Waals surface area contributed by atoms with E-state index in [4.69, 9.17) is 22.9 Å². The van der Waals surface area contributed by atoms with Crippen molar-refractivity contribution in [2.45, 2.75) is 78.4 Å². The number of benzene rings is 1. The van der Waals surface area contributed by atoms with Crippen LogP contribution in [0.2, 0.25) is 5.02 Å². The van der Waals surface area contributed by atoms with Gasteiger partial charge in [-0.2, -0.15) is 0 Å². The van der Waals surface area contributed by atoms with E-state index >= 15 is 0 Å². The van der Waals surface area contributed by atoms with E-state index in [9.17, 15) is 14.7 Å². The molecule has 0 saturated heterocycles. The van der Waals surface area contributed by atoms with Crippen molar-refractivity contribution < 1.29 is 19.4 Å². The minimum absolute atomic E-state index is 0.0604. The van der Waals surface area contributed by atoms with Crippen LogP contribution < -0.4 is 10.1 Å². The van der Waals surface area contributed by atoms with E-state index in [0.717, 1.165) is 0 Å². The van der Waals surface area contributed by atoms with Crippen LogP contribution in [0.4, 0.5) is 5.69 Å². The van der Waals surface area contributed by atoms with Gasteiger partial charge >= 0.3 is 5.97 Å². The molecule has 4 saturated carbocycles. The van der Waals surface area contributed by atoms with E-state index in [1.165, 1.54) is 0 Å². The summed E-state index contributed by atoms with van der Waals surface area (Å²) >= 11 is 6.18. The van der Waals surface area contributed by atoms with E-state index in [-0.39, 0.29) is 28.9 Å². The van der Waals surface area contributed by atoms with Gasteiger partial charge in [-0.15, -0.1) is 0 Å². The highest BCUT2D eigenvalue weighted by molar-refractivity contribution is 6.33. The zero-order valence-corrected chi connectivity index (χ0v) is 19.9. The van der Waals surface area contributed by atoms with E-state index in [1.807, 2.05) is 0 Å². The first-order valence-corrected chi connectivity index (χ1v) is 11.6. The van der Waals surface area contributed by atoms with Crippen LogP contribution >= 0.6 is 11.6 Å². The zero-order chi connectivity index (χ0) is 23.5. The molecule has 1 aromatic carbocycles. The number of hydrogen-bond donors (Lipinski definition) is 2. The van der Waals surface area contributed by atoms with Gasteiger partial charge in [0, 0.05) is 22.3 Å². The first kappa shape index (κ1) is 22.9. The number of fused-ring (bicyclic) bond motifs is 3. The summed E-state index contributed by atoms with van der Waals surface area (Å²) in [4.78, 5) is 28.6. The topological polar surface area (TPSA) is 80.0 Å². The van der Waals surface area contributed by atoms with Crippen molar-refractivity contribution in [1.82, 2.24) is 5.32 Å². The largest absolute Gasteiger partial charge is 0.489 e. The number of ether oxygens (including phenoxy) is 1. The second kappa shape index (κ2) is 7.38. The Balaban J connectivity index is 1.46. The Morgan fingerprint density at radius 1 is 1.06 bits per heavy atom. The van der Waals surface area contributed by atoms with Crippen molar-refractivity contribution >= 4 is 29.2 Å². The van der Waals surface area contributed by atoms with Crippen LogP contribution in [0.1, 0.15) is 66.2 Å². The molecular formula is C25H31ClN2O4. The zero-order valence-electron chi connectivity index (χ0n) is 19.1. The number of carbonyl (C=O) groups is 2. The van der Waals surface area contributed by atoms with E-state index in [1.54, 1.807) is 18.2 Å². The molecule has 2 bridgehead atoms. The normalized spacial score (nSPS) is 34.1. The Morgan fingerprint density at radius 2 is 1.59 bits per heavy atom. The molecule has 0 unspecified atom stereocenters.